The second-order valence-electron chi connectivity index (χ2n) is 4.72. The van der Waals surface area contributed by atoms with E-state index >= 15 is 0 Å². The first-order valence-corrected chi connectivity index (χ1v) is 6.66. The predicted molar refractivity (Wildman–Crippen MR) is 80.1 cm³/mol. The van der Waals surface area contributed by atoms with Gasteiger partial charge < -0.3 is 10.0 Å². The maximum absolute atomic E-state index is 12.4. The van der Waals surface area contributed by atoms with E-state index in [-0.39, 0.29) is 11.7 Å². The summed E-state index contributed by atoms with van der Waals surface area (Å²) in [4.78, 5) is 13.9. The number of para-hydroxylation sites is 1. The van der Waals surface area contributed by atoms with Crippen LogP contribution in [0.25, 0.3) is 0 Å². The molecule has 2 rings (SSSR count). The monoisotopic (exact) mass is 289 g/mol. The highest BCUT2D eigenvalue weighted by Gasteiger charge is 2.17. The Labute approximate surface area is 123 Å². The summed E-state index contributed by atoms with van der Waals surface area (Å²) >= 11 is 6.09. The molecule has 0 bridgehead atoms. The lowest BCUT2D eigenvalue weighted by atomic mass is 10.1. The molecule has 0 heterocycles. The Bertz CT molecular complexity index is 640. The average molecular weight is 290 g/mol. The first-order valence-electron chi connectivity index (χ1n) is 6.28. The van der Waals surface area contributed by atoms with Gasteiger partial charge in [-0.3, -0.25) is 4.79 Å². The third-order valence-electron chi connectivity index (χ3n) is 3.18. The molecule has 0 radical (unpaired) electrons. The molecule has 4 heteroatoms. The van der Waals surface area contributed by atoms with Crippen LogP contribution in [0.3, 0.4) is 0 Å². The number of nitrogens with zero attached hydrogens (tertiary/aromatic N) is 1. The summed E-state index contributed by atoms with van der Waals surface area (Å²) < 4.78 is 0. The Balaban J connectivity index is 2.21. The van der Waals surface area contributed by atoms with Crippen molar-refractivity contribution in [1.82, 2.24) is 4.90 Å². The zero-order valence-corrected chi connectivity index (χ0v) is 12.2. The lowest BCUT2D eigenvalue weighted by molar-refractivity contribution is 0.0782. The molecular formula is C16H16ClNO2. The van der Waals surface area contributed by atoms with E-state index in [2.05, 4.69) is 0 Å². The number of carbonyl (C=O) groups excluding carboxylic acids is 1. The molecule has 3 nitrogen and oxygen atoms in total. The Morgan fingerprint density at radius 1 is 1.20 bits per heavy atom. The molecule has 0 aromatic heterocycles. The SMILES string of the molecule is Cc1cccc(C(=O)N(C)Cc2ccccc2Cl)c1O. The number of benzene rings is 2. The Morgan fingerprint density at radius 3 is 2.60 bits per heavy atom. The van der Waals surface area contributed by atoms with Crippen LogP contribution in [0.15, 0.2) is 42.5 Å². The van der Waals surface area contributed by atoms with Crippen LogP contribution < -0.4 is 0 Å². The van der Waals surface area contributed by atoms with Crippen LogP contribution in [0.1, 0.15) is 21.5 Å². The van der Waals surface area contributed by atoms with E-state index in [9.17, 15) is 9.90 Å². The van der Waals surface area contributed by atoms with E-state index in [1.54, 1.807) is 38.2 Å². The molecule has 1 amide bonds. The van der Waals surface area contributed by atoms with E-state index in [0.29, 0.717) is 22.7 Å². The van der Waals surface area contributed by atoms with Crippen molar-refractivity contribution in [2.45, 2.75) is 13.5 Å². The molecule has 20 heavy (non-hydrogen) atoms. The molecule has 0 atom stereocenters. The molecule has 0 spiro atoms. The number of hydrogen-bond acceptors (Lipinski definition) is 2. The maximum atomic E-state index is 12.4. The number of phenols is 1. The lowest BCUT2D eigenvalue weighted by Gasteiger charge is -2.19. The van der Waals surface area contributed by atoms with Crippen molar-refractivity contribution in [3.8, 4) is 5.75 Å². The van der Waals surface area contributed by atoms with Gasteiger partial charge in [0.25, 0.3) is 5.91 Å². The average Bonchev–Trinajstić information content (AvgIpc) is 2.43. The van der Waals surface area contributed by atoms with Gasteiger partial charge in [-0.25, -0.2) is 0 Å². The van der Waals surface area contributed by atoms with Gasteiger partial charge in [-0.05, 0) is 30.2 Å². The fourth-order valence-electron chi connectivity index (χ4n) is 1.99. The standard InChI is InChI=1S/C16H16ClNO2/c1-11-6-5-8-13(15(11)19)16(20)18(2)10-12-7-3-4-9-14(12)17/h3-9,19H,10H2,1-2H3. The zero-order chi connectivity index (χ0) is 14.7. The summed E-state index contributed by atoms with van der Waals surface area (Å²) in [5.74, 6) is -0.199. The van der Waals surface area contributed by atoms with Crippen molar-refractivity contribution in [1.29, 1.82) is 0 Å². The Kier molecular flexibility index (Phi) is 4.30. The molecule has 104 valence electrons. The van der Waals surface area contributed by atoms with Crippen molar-refractivity contribution in [2.75, 3.05) is 7.05 Å². The highest BCUT2D eigenvalue weighted by molar-refractivity contribution is 6.31. The number of halogens is 1. The predicted octanol–water partition coefficient (Wildman–Crippen LogP) is 3.63. The zero-order valence-electron chi connectivity index (χ0n) is 11.4. The maximum Gasteiger partial charge on any atom is 0.257 e. The van der Waals surface area contributed by atoms with Crippen LogP contribution in [0.2, 0.25) is 5.02 Å². The van der Waals surface area contributed by atoms with Gasteiger partial charge in [0.2, 0.25) is 0 Å². The summed E-state index contributed by atoms with van der Waals surface area (Å²) in [7, 11) is 1.69. The molecule has 1 N–H and O–H groups in total. The summed E-state index contributed by atoms with van der Waals surface area (Å²) in [6.07, 6.45) is 0. The van der Waals surface area contributed by atoms with Gasteiger partial charge in [-0.15, -0.1) is 0 Å². The van der Waals surface area contributed by atoms with Crippen molar-refractivity contribution >= 4 is 17.5 Å². The topological polar surface area (TPSA) is 40.5 Å². The van der Waals surface area contributed by atoms with Crippen LogP contribution >= 0.6 is 11.6 Å². The number of carbonyl (C=O) groups is 1. The second-order valence-corrected chi connectivity index (χ2v) is 5.13. The number of amides is 1. The molecule has 0 aliphatic heterocycles. The first-order chi connectivity index (χ1) is 9.50. The van der Waals surface area contributed by atoms with Gasteiger partial charge in [0, 0.05) is 18.6 Å². The normalized spacial score (nSPS) is 10.3. The summed E-state index contributed by atoms with van der Waals surface area (Å²) in [6, 6.07) is 12.5. The minimum absolute atomic E-state index is 0.0310. The quantitative estimate of drug-likeness (QED) is 0.937. The highest BCUT2D eigenvalue weighted by atomic mass is 35.5. The molecule has 0 aliphatic rings. The van der Waals surface area contributed by atoms with Crippen LogP contribution in [-0.2, 0) is 6.54 Å². The van der Waals surface area contributed by atoms with Crippen molar-refractivity contribution < 1.29 is 9.90 Å². The molecular weight excluding hydrogens is 274 g/mol. The van der Waals surface area contributed by atoms with E-state index in [1.165, 1.54) is 4.90 Å². The fraction of sp³-hybridized carbons (Fsp3) is 0.188. The number of hydrogen-bond donors (Lipinski definition) is 1. The summed E-state index contributed by atoms with van der Waals surface area (Å²) in [5.41, 5.74) is 1.86. The van der Waals surface area contributed by atoms with Crippen molar-refractivity contribution in [3.05, 3.63) is 64.2 Å². The smallest absolute Gasteiger partial charge is 0.257 e. The minimum atomic E-state index is -0.230. The van der Waals surface area contributed by atoms with Crippen LogP contribution in [0.4, 0.5) is 0 Å². The third kappa shape index (κ3) is 2.94. The Hall–Kier alpha value is -2.00. The molecule has 2 aromatic carbocycles. The van der Waals surface area contributed by atoms with Gasteiger partial charge in [-0.2, -0.15) is 0 Å². The van der Waals surface area contributed by atoms with Gasteiger partial charge in [-0.1, -0.05) is 41.9 Å². The van der Waals surface area contributed by atoms with Crippen LogP contribution in [-0.4, -0.2) is 23.0 Å². The first kappa shape index (κ1) is 14.4. The van der Waals surface area contributed by atoms with E-state index in [1.807, 2.05) is 18.2 Å². The molecule has 0 fully saturated rings. The van der Waals surface area contributed by atoms with Gasteiger partial charge in [0.1, 0.15) is 5.75 Å². The molecule has 0 saturated carbocycles. The number of rotatable bonds is 3. The van der Waals surface area contributed by atoms with Crippen LogP contribution in [0, 0.1) is 6.92 Å². The number of aromatic hydroxyl groups is 1. The minimum Gasteiger partial charge on any atom is -0.507 e. The van der Waals surface area contributed by atoms with E-state index in [4.69, 9.17) is 11.6 Å². The molecule has 0 unspecified atom stereocenters. The van der Waals surface area contributed by atoms with Crippen molar-refractivity contribution in [2.24, 2.45) is 0 Å². The number of phenolic OH excluding ortho intramolecular Hbond substituents is 1. The van der Waals surface area contributed by atoms with Crippen LogP contribution in [0.5, 0.6) is 5.75 Å². The molecule has 0 saturated heterocycles. The molecule has 2 aromatic rings. The van der Waals surface area contributed by atoms with E-state index < -0.39 is 0 Å². The van der Waals surface area contributed by atoms with E-state index in [0.717, 1.165) is 5.56 Å². The fourth-order valence-corrected chi connectivity index (χ4v) is 2.19. The third-order valence-corrected chi connectivity index (χ3v) is 3.55. The van der Waals surface area contributed by atoms with Crippen molar-refractivity contribution in [3.63, 3.8) is 0 Å². The summed E-state index contributed by atoms with van der Waals surface area (Å²) in [5, 5.41) is 10.6. The lowest BCUT2D eigenvalue weighted by Crippen LogP contribution is -2.26. The Morgan fingerprint density at radius 2 is 1.90 bits per heavy atom. The second kappa shape index (κ2) is 5.97. The highest BCUT2D eigenvalue weighted by Crippen LogP contribution is 2.24. The summed E-state index contributed by atoms with van der Waals surface area (Å²) in [6.45, 7) is 2.16. The number of aryl methyl sites for hydroxylation is 1. The van der Waals surface area contributed by atoms with Gasteiger partial charge >= 0.3 is 0 Å². The van der Waals surface area contributed by atoms with Gasteiger partial charge in [0.05, 0.1) is 5.56 Å². The largest absolute Gasteiger partial charge is 0.507 e. The molecule has 0 aliphatic carbocycles. The van der Waals surface area contributed by atoms with Gasteiger partial charge in [0.15, 0.2) is 0 Å².